The topological polar surface area (TPSA) is 57.5 Å². The summed E-state index contributed by atoms with van der Waals surface area (Å²) in [6.45, 7) is 1.96. The van der Waals surface area contributed by atoms with Crippen LogP contribution in [0.5, 0.6) is 0 Å². The van der Waals surface area contributed by atoms with Crippen molar-refractivity contribution in [3.05, 3.63) is 33.8 Å². The third-order valence-electron chi connectivity index (χ3n) is 4.37. The van der Waals surface area contributed by atoms with Crippen molar-refractivity contribution >= 4 is 21.9 Å². The fourth-order valence-corrected chi connectivity index (χ4v) is 3.46. The van der Waals surface area contributed by atoms with Gasteiger partial charge < -0.3 is 10.2 Å². The zero-order chi connectivity index (χ0) is 15.7. The van der Waals surface area contributed by atoms with Gasteiger partial charge in [0.15, 0.2) is 0 Å². The number of rotatable bonds is 4. The Labute approximate surface area is 130 Å². The normalized spacial score (nSPS) is 26.8. The first-order chi connectivity index (χ1) is 9.85. The highest BCUT2D eigenvalue weighted by Gasteiger charge is 2.42. The van der Waals surface area contributed by atoms with Gasteiger partial charge in [-0.05, 0) is 46.8 Å². The third-order valence-corrected chi connectivity index (χ3v) is 4.98. The predicted molar refractivity (Wildman–Crippen MR) is 76.6 cm³/mol. The number of hydrogen-bond donors (Lipinski definition) is 2. The Bertz CT molecular complexity index is 550. The van der Waals surface area contributed by atoms with Crippen LogP contribution in [0.15, 0.2) is 16.6 Å². The van der Waals surface area contributed by atoms with E-state index in [-0.39, 0.29) is 16.0 Å². The molecule has 0 aliphatic heterocycles. The van der Waals surface area contributed by atoms with Crippen molar-refractivity contribution in [2.75, 3.05) is 0 Å². The summed E-state index contributed by atoms with van der Waals surface area (Å²) in [6, 6.07) is 1.89. The standard InChI is InChI=1S/C15H17BrF2O3/c1-2-7-3-8(9(4-7)15(20)21)14(19)10-5-13(18)11(16)6-12(10)17/h5-9,14,19H,2-4H2,1H3,(H,20,21). The van der Waals surface area contributed by atoms with Crippen LogP contribution >= 0.6 is 15.9 Å². The molecule has 116 valence electrons. The van der Waals surface area contributed by atoms with Crippen molar-refractivity contribution in [3.63, 3.8) is 0 Å². The van der Waals surface area contributed by atoms with Crippen LogP contribution in [-0.4, -0.2) is 16.2 Å². The van der Waals surface area contributed by atoms with Gasteiger partial charge in [0.25, 0.3) is 0 Å². The van der Waals surface area contributed by atoms with Gasteiger partial charge in [-0.2, -0.15) is 0 Å². The number of aliphatic carboxylic acids is 1. The van der Waals surface area contributed by atoms with Gasteiger partial charge in [-0.3, -0.25) is 4.79 Å². The average Bonchev–Trinajstić information content (AvgIpc) is 2.86. The van der Waals surface area contributed by atoms with Gasteiger partial charge in [-0.15, -0.1) is 0 Å². The fourth-order valence-electron chi connectivity index (χ4n) is 3.14. The molecular formula is C15H17BrF2O3. The number of aliphatic hydroxyl groups is 1. The lowest BCUT2D eigenvalue weighted by Gasteiger charge is -2.23. The van der Waals surface area contributed by atoms with Crippen molar-refractivity contribution in [3.8, 4) is 0 Å². The van der Waals surface area contributed by atoms with Crippen molar-refractivity contribution in [1.82, 2.24) is 0 Å². The van der Waals surface area contributed by atoms with Crippen LogP contribution < -0.4 is 0 Å². The molecule has 0 heterocycles. The maximum absolute atomic E-state index is 13.9. The minimum atomic E-state index is -1.31. The van der Waals surface area contributed by atoms with Crippen LogP contribution in [0.1, 0.15) is 37.9 Å². The molecule has 3 nitrogen and oxygen atoms in total. The first kappa shape index (κ1) is 16.4. The molecule has 1 aliphatic carbocycles. The highest BCUT2D eigenvalue weighted by Crippen LogP contribution is 2.45. The van der Waals surface area contributed by atoms with Gasteiger partial charge in [0.2, 0.25) is 0 Å². The molecule has 0 aromatic heterocycles. The quantitative estimate of drug-likeness (QED) is 0.798. The lowest BCUT2D eigenvalue weighted by Crippen LogP contribution is -2.24. The molecule has 1 saturated carbocycles. The molecule has 0 bridgehead atoms. The average molecular weight is 363 g/mol. The monoisotopic (exact) mass is 362 g/mol. The van der Waals surface area contributed by atoms with Crippen LogP contribution in [0.4, 0.5) is 8.78 Å². The van der Waals surface area contributed by atoms with Crippen LogP contribution in [0, 0.1) is 29.4 Å². The van der Waals surface area contributed by atoms with E-state index in [9.17, 15) is 23.8 Å². The summed E-state index contributed by atoms with van der Waals surface area (Å²) in [5, 5.41) is 19.6. The van der Waals surface area contributed by atoms with Crippen molar-refractivity contribution < 1.29 is 23.8 Å². The third kappa shape index (κ3) is 3.26. The number of halogens is 3. The molecule has 1 fully saturated rings. The first-order valence-corrected chi connectivity index (χ1v) is 7.69. The van der Waals surface area contributed by atoms with Gasteiger partial charge >= 0.3 is 5.97 Å². The zero-order valence-electron chi connectivity index (χ0n) is 11.5. The SMILES string of the molecule is CCC1CC(C(=O)O)C(C(O)c2cc(F)c(Br)cc2F)C1. The van der Waals surface area contributed by atoms with Crippen LogP contribution in [-0.2, 0) is 4.79 Å². The number of benzene rings is 1. The minimum Gasteiger partial charge on any atom is -0.481 e. The Hall–Kier alpha value is -1.01. The largest absolute Gasteiger partial charge is 0.481 e. The van der Waals surface area contributed by atoms with Gasteiger partial charge in [-0.1, -0.05) is 13.3 Å². The summed E-state index contributed by atoms with van der Waals surface area (Å²) in [4.78, 5) is 11.3. The molecule has 2 rings (SSSR count). The summed E-state index contributed by atoms with van der Waals surface area (Å²) in [6.07, 6.45) is 0.467. The molecule has 6 heteroatoms. The minimum absolute atomic E-state index is 0.0245. The lowest BCUT2D eigenvalue weighted by atomic mass is 9.86. The smallest absolute Gasteiger partial charge is 0.306 e. The number of carboxylic acids is 1. The first-order valence-electron chi connectivity index (χ1n) is 6.90. The Kier molecular flexibility index (Phi) is 4.99. The molecule has 0 spiro atoms. The number of aliphatic hydroxyl groups excluding tert-OH is 1. The Morgan fingerprint density at radius 2 is 2.05 bits per heavy atom. The molecule has 21 heavy (non-hydrogen) atoms. The fraction of sp³-hybridized carbons (Fsp3) is 0.533. The van der Waals surface area contributed by atoms with E-state index in [0.29, 0.717) is 12.8 Å². The summed E-state index contributed by atoms with van der Waals surface area (Å²) in [5.74, 6) is -3.54. The molecule has 0 saturated heterocycles. The van der Waals surface area contributed by atoms with E-state index in [2.05, 4.69) is 15.9 Å². The summed E-state index contributed by atoms with van der Waals surface area (Å²) < 4.78 is 27.5. The Morgan fingerprint density at radius 1 is 1.38 bits per heavy atom. The van der Waals surface area contributed by atoms with E-state index in [1.165, 1.54) is 0 Å². The Morgan fingerprint density at radius 3 is 2.62 bits per heavy atom. The molecule has 1 aliphatic rings. The van der Waals surface area contributed by atoms with Crippen LogP contribution in [0.25, 0.3) is 0 Å². The van der Waals surface area contributed by atoms with E-state index < -0.39 is 35.5 Å². The van der Waals surface area contributed by atoms with Gasteiger partial charge in [0.05, 0.1) is 16.5 Å². The van der Waals surface area contributed by atoms with Crippen molar-refractivity contribution in [1.29, 1.82) is 0 Å². The van der Waals surface area contributed by atoms with Crippen LogP contribution in [0.2, 0.25) is 0 Å². The molecule has 4 atom stereocenters. The van der Waals surface area contributed by atoms with Gasteiger partial charge in [-0.25, -0.2) is 8.78 Å². The van der Waals surface area contributed by atoms with Crippen molar-refractivity contribution in [2.45, 2.75) is 32.3 Å². The second kappa shape index (κ2) is 6.40. The summed E-state index contributed by atoms with van der Waals surface area (Å²) >= 11 is 2.88. The molecule has 1 aromatic rings. The van der Waals surface area contributed by atoms with E-state index in [1.54, 1.807) is 0 Å². The second-order valence-electron chi connectivity index (χ2n) is 5.59. The molecule has 0 amide bonds. The maximum Gasteiger partial charge on any atom is 0.306 e. The van der Waals surface area contributed by atoms with E-state index in [4.69, 9.17) is 0 Å². The van der Waals surface area contributed by atoms with Gasteiger partial charge in [0, 0.05) is 11.5 Å². The second-order valence-corrected chi connectivity index (χ2v) is 6.44. The van der Waals surface area contributed by atoms with E-state index in [1.807, 2.05) is 6.92 Å². The lowest BCUT2D eigenvalue weighted by molar-refractivity contribution is -0.144. The number of carbonyl (C=O) groups is 1. The highest BCUT2D eigenvalue weighted by atomic mass is 79.9. The summed E-state index contributed by atoms with van der Waals surface area (Å²) in [7, 11) is 0. The summed E-state index contributed by atoms with van der Waals surface area (Å²) in [5.41, 5.74) is -0.177. The molecular weight excluding hydrogens is 346 g/mol. The molecule has 4 unspecified atom stereocenters. The van der Waals surface area contributed by atoms with E-state index >= 15 is 0 Å². The number of carboxylic acid groups (broad SMARTS) is 1. The van der Waals surface area contributed by atoms with Crippen LogP contribution in [0.3, 0.4) is 0 Å². The van der Waals surface area contributed by atoms with E-state index in [0.717, 1.165) is 18.6 Å². The Balaban J connectivity index is 2.32. The zero-order valence-corrected chi connectivity index (χ0v) is 13.1. The maximum atomic E-state index is 13.9. The molecule has 1 aromatic carbocycles. The van der Waals surface area contributed by atoms with Gasteiger partial charge in [0.1, 0.15) is 11.6 Å². The highest BCUT2D eigenvalue weighted by molar-refractivity contribution is 9.10. The predicted octanol–water partition coefficient (Wildman–Crippen LogP) is 3.90. The molecule has 0 radical (unpaired) electrons. The molecule has 2 N–H and O–H groups in total. The number of hydrogen-bond acceptors (Lipinski definition) is 2. The van der Waals surface area contributed by atoms with Crippen molar-refractivity contribution in [2.24, 2.45) is 17.8 Å².